The van der Waals surface area contributed by atoms with Crippen LogP contribution in [0.3, 0.4) is 0 Å². The van der Waals surface area contributed by atoms with Gasteiger partial charge in [-0.3, -0.25) is 0 Å². The molecule has 5 nitrogen and oxygen atoms in total. The Labute approximate surface area is 127 Å². The number of hydrogen-bond acceptors (Lipinski definition) is 4. The minimum Gasteiger partial charge on any atom is -0.445 e. The van der Waals surface area contributed by atoms with Crippen molar-refractivity contribution in [1.82, 2.24) is 14.7 Å². The molecule has 5 heteroatoms. The first-order valence-electron chi connectivity index (χ1n) is 7.27. The van der Waals surface area contributed by atoms with E-state index in [1.807, 2.05) is 30.3 Å². The van der Waals surface area contributed by atoms with E-state index in [9.17, 15) is 4.79 Å². The van der Waals surface area contributed by atoms with Crippen molar-refractivity contribution < 1.29 is 9.53 Å². The van der Waals surface area contributed by atoms with Crippen LogP contribution in [0.1, 0.15) is 5.56 Å². The molecule has 0 saturated carbocycles. The summed E-state index contributed by atoms with van der Waals surface area (Å²) in [7, 11) is 8.22. The van der Waals surface area contributed by atoms with Gasteiger partial charge in [-0.2, -0.15) is 0 Å². The predicted octanol–water partition coefficient (Wildman–Crippen LogP) is 1.50. The van der Waals surface area contributed by atoms with Gasteiger partial charge in [0.2, 0.25) is 0 Å². The van der Waals surface area contributed by atoms with Crippen LogP contribution >= 0.6 is 0 Å². The molecule has 0 radical (unpaired) electrons. The molecular weight excluding hydrogens is 266 g/mol. The van der Waals surface area contributed by atoms with Crippen LogP contribution in [0.4, 0.5) is 4.79 Å². The Kier molecular flexibility index (Phi) is 5.20. The van der Waals surface area contributed by atoms with E-state index >= 15 is 0 Å². The molecule has 1 aromatic carbocycles. The summed E-state index contributed by atoms with van der Waals surface area (Å²) < 4.78 is 5.42. The van der Waals surface area contributed by atoms with Gasteiger partial charge < -0.3 is 19.4 Å². The van der Waals surface area contributed by atoms with E-state index in [2.05, 4.69) is 38.0 Å². The highest BCUT2D eigenvalue weighted by Gasteiger charge is 2.38. The number of carbonyl (C=O) groups is 1. The standard InChI is InChI=1S/C16H25N3O2/c1-17(2)14-10-19(11-15(14)18(3)4)16(20)21-12-13-8-6-5-7-9-13/h5-9,14-15H,10-12H2,1-4H3/t14-,15+. The molecule has 21 heavy (non-hydrogen) atoms. The van der Waals surface area contributed by atoms with Gasteiger partial charge in [0.1, 0.15) is 6.61 Å². The molecule has 0 unspecified atom stereocenters. The molecule has 1 fully saturated rings. The van der Waals surface area contributed by atoms with Gasteiger partial charge in [-0.1, -0.05) is 30.3 Å². The molecule has 0 aromatic heterocycles. The lowest BCUT2D eigenvalue weighted by atomic mass is 10.1. The number of ether oxygens (including phenoxy) is 1. The molecule has 1 heterocycles. The monoisotopic (exact) mass is 291 g/mol. The quantitative estimate of drug-likeness (QED) is 0.842. The summed E-state index contributed by atoms with van der Waals surface area (Å²) in [6.45, 7) is 1.75. The molecule has 1 aromatic rings. The summed E-state index contributed by atoms with van der Waals surface area (Å²) in [5, 5.41) is 0. The van der Waals surface area contributed by atoms with Crippen LogP contribution < -0.4 is 0 Å². The van der Waals surface area contributed by atoms with E-state index in [-0.39, 0.29) is 6.09 Å². The van der Waals surface area contributed by atoms with Crippen LogP contribution in [-0.2, 0) is 11.3 Å². The lowest BCUT2D eigenvalue weighted by Gasteiger charge is -2.29. The lowest BCUT2D eigenvalue weighted by Crippen LogP contribution is -2.45. The summed E-state index contributed by atoms with van der Waals surface area (Å²) in [5.41, 5.74) is 1.01. The van der Waals surface area contributed by atoms with Gasteiger partial charge in [-0.05, 0) is 33.8 Å². The molecule has 0 aliphatic carbocycles. The van der Waals surface area contributed by atoms with Gasteiger partial charge in [0.25, 0.3) is 0 Å². The summed E-state index contributed by atoms with van der Waals surface area (Å²) >= 11 is 0. The first-order valence-corrected chi connectivity index (χ1v) is 7.27. The maximum Gasteiger partial charge on any atom is 0.410 e. The zero-order valence-electron chi connectivity index (χ0n) is 13.3. The van der Waals surface area contributed by atoms with Gasteiger partial charge in [0, 0.05) is 25.2 Å². The van der Waals surface area contributed by atoms with Gasteiger partial charge in [-0.25, -0.2) is 4.79 Å². The minimum atomic E-state index is -0.227. The first kappa shape index (κ1) is 15.8. The normalized spacial score (nSPS) is 22.1. The number of nitrogens with zero attached hydrogens (tertiary/aromatic N) is 3. The zero-order chi connectivity index (χ0) is 15.4. The molecule has 0 spiro atoms. The van der Waals surface area contributed by atoms with E-state index in [1.165, 1.54) is 0 Å². The topological polar surface area (TPSA) is 36.0 Å². The van der Waals surface area contributed by atoms with Crippen LogP contribution in [-0.4, -0.2) is 74.2 Å². The van der Waals surface area contributed by atoms with Crippen LogP contribution in [0.5, 0.6) is 0 Å². The van der Waals surface area contributed by atoms with Crippen LogP contribution in [0, 0.1) is 0 Å². The minimum absolute atomic E-state index is 0.227. The summed E-state index contributed by atoms with van der Waals surface area (Å²) in [6, 6.07) is 10.4. The lowest BCUT2D eigenvalue weighted by molar-refractivity contribution is 0.101. The van der Waals surface area contributed by atoms with Crippen molar-refractivity contribution in [2.24, 2.45) is 0 Å². The average molecular weight is 291 g/mol. The highest BCUT2D eigenvalue weighted by Crippen LogP contribution is 2.19. The molecular formula is C16H25N3O2. The number of carbonyl (C=O) groups excluding carboxylic acids is 1. The molecule has 2 atom stereocenters. The predicted molar refractivity (Wildman–Crippen MR) is 83.2 cm³/mol. The largest absolute Gasteiger partial charge is 0.445 e. The Hall–Kier alpha value is -1.59. The van der Waals surface area contributed by atoms with Crippen LogP contribution in [0.15, 0.2) is 30.3 Å². The van der Waals surface area contributed by atoms with Crippen molar-refractivity contribution in [1.29, 1.82) is 0 Å². The van der Waals surface area contributed by atoms with Crippen molar-refractivity contribution in [3.8, 4) is 0 Å². The summed E-state index contributed by atoms with van der Waals surface area (Å²) in [4.78, 5) is 18.4. The summed E-state index contributed by atoms with van der Waals surface area (Å²) in [5.74, 6) is 0. The van der Waals surface area contributed by atoms with E-state index < -0.39 is 0 Å². The molecule has 2 rings (SSSR count). The average Bonchev–Trinajstić information content (AvgIpc) is 2.91. The second-order valence-electron chi connectivity index (χ2n) is 6.01. The molecule has 1 aliphatic rings. The Morgan fingerprint density at radius 2 is 1.62 bits per heavy atom. The molecule has 1 aliphatic heterocycles. The van der Waals surface area contributed by atoms with Gasteiger partial charge >= 0.3 is 6.09 Å². The third kappa shape index (κ3) is 3.95. The van der Waals surface area contributed by atoms with Gasteiger partial charge in [-0.15, -0.1) is 0 Å². The highest BCUT2D eigenvalue weighted by molar-refractivity contribution is 5.68. The van der Waals surface area contributed by atoms with Gasteiger partial charge in [0.15, 0.2) is 0 Å². The van der Waals surface area contributed by atoms with Crippen molar-refractivity contribution in [3.63, 3.8) is 0 Å². The third-order valence-corrected chi connectivity index (χ3v) is 4.05. The maximum absolute atomic E-state index is 12.2. The molecule has 0 bridgehead atoms. The zero-order valence-corrected chi connectivity index (χ0v) is 13.3. The fraction of sp³-hybridized carbons (Fsp3) is 0.562. The molecule has 116 valence electrons. The van der Waals surface area contributed by atoms with E-state index in [1.54, 1.807) is 4.90 Å². The first-order chi connectivity index (χ1) is 9.99. The Balaban J connectivity index is 1.91. The van der Waals surface area contributed by atoms with E-state index in [0.717, 1.165) is 5.56 Å². The molecule has 0 N–H and O–H groups in total. The van der Waals surface area contributed by atoms with Crippen LogP contribution in [0.25, 0.3) is 0 Å². The van der Waals surface area contributed by atoms with Crippen molar-refractivity contribution in [2.45, 2.75) is 18.7 Å². The second kappa shape index (κ2) is 6.91. The van der Waals surface area contributed by atoms with Crippen molar-refractivity contribution >= 4 is 6.09 Å². The maximum atomic E-state index is 12.2. The second-order valence-corrected chi connectivity index (χ2v) is 6.01. The highest BCUT2D eigenvalue weighted by atomic mass is 16.6. The number of hydrogen-bond donors (Lipinski definition) is 0. The number of benzene rings is 1. The molecule has 1 amide bonds. The van der Waals surface area contributed by atoms with Gasteiger partial charge in [0.05, 0.1) is 0 Å². The number of amides is 1. The van der Waals surface area contributed by atoms with Crippen molar-refractivity contribution in [3.05, 3.63) is 35.9 Å². The summed E-state index contributed by atoms with van der Waals surface area (Å²) in [6.07, 6.45) is -0.227. The van der Waals surface area contributed by atoms with E-state index in [4.69, 9.17) is 4.74 Å². The number of rotatable bonds is 4. The smallest absolute Gasteiger partial charge is 0.410 e. The SMILES string of the molecule is CN(C)[C@@H]1CN(C(=O)OCc2ccccc2)C[C@@H]1N(C)C. The van der Waals surface area contributed by atoms with Crippen molar-refractivity contribution in [2.75, 3.05) is 41.3 Å². The number of likely N-dealkylation sites (N-methyl/N-ethyl adjacent to an activating group) is 2. The fourth-order valence-electron chi connectivity index (χ4n) is 2.74. The number of likely N-dealkylation sites (tertiary alicyclic amines) is 1. The van der Waals surface area contributed by atoms with E-state index in [0.29, 0.717) is 31.8 Å². The third-order valence-electron chi connectivity index (χ3n) is 4.05. The van der Waals surface area contributed by atoms with Crippen LogP contribution in [0.2, 0.25) is 0 Å². The Bertz CT molecular complexity index is 446. The Morgan fingerprint density at radius 1 is 1.10 bits per heavy atom. The Morgan fingerprint density at radius 3 is 2.10 bits per heavy atom. The fourth-order valence-corrected chi connectivity index (χ4v) is 2.74. The molecule has 1 saturated heterocycles.